The number of benzene rings is 1. The summed E-state index contributed by atoms with van der Waals surface area (Å²) in [6.45, 7) is 5.97. The lowest BCUT2D eigenvalue weighted by Gasteiger charge is -2.22. The molecule has 1 fully saturated rings. The van der Waals surface area contributed by atoms with Gasteiger partial charge in [0, 0.05) is 35.8 Å². The van der Waals surface area contributed by atoms with Crippen LogP contribution in [0.4, 0.5) is 22.1 Å². The number of fused-ring (bicyclic) bond motifs is 1. The van der Waals surface area contributed by atoms with E-state index < -0.39 is 6.09 Å². The SMILES string of the molecule is COc1ccc(N2CCc3c(-n4ccc(N5CCN(C(=O)O)S5)n4)cc(C)nc32)c(C)c1. The van der Waals surface area contributed by atoms with Crippen LogP contribution in [0.25, 0.3) is 5.69 Å². The third-order valence-electron chi connectivity index (χ3n) is 5.74. The van der Waals surface area contributed by atoms with Crippen molar-refractivity contribution in [1.29, 1.82) is 0 Å². The fourth-order valence-electron chi connectivity index (χ4n) is 4.21. The van der Waals surface area contributed by atoms with Gasteiger partial charge in [-0.15, -0.1) is 5.10 Å². The van der Waals surface area contributed by atoms with Crippen LogP contribution in [0, 0.1) is 13.8 Å². The predicted octanol–water partition coefficient (Wildman–Crippen LogP) is 3.95. The predicted molar refractivity (Wildman–Crippen MR) is 124 cm³/mol. The molecule has 0 saturated carbocycles. The number of anilines is 3. The lowest BCUT2D eigenvalue weighted by atomic mass is 10.1. The summed E-state index contributed by atoms with van der Waals surface area (Å²) in [5.74, 6) is 2.54. The molecule has 1 N–H and O–H groups in total. The molecule has 2 aliphatic heterocycles. The topological polar surface area (TPSA) is 87.0 Å². The van der Waals surface area contributed by atoms with Crippen molar-refractivity contribution in [2.24, 2.45) is 0 Å². The Morgan fingerprint density at radius 3 is 2.69 bits per heavy atom. The second-order valence-electron chi connectivity index (χ2n) is 7.83. The summed E-state index contributed by atoms with van der Waals surface area (Å²) < 4.78 is 10.4. The van der Waals surface area contributed by atoms with Crippen LogP contribution >= 0.6 is 12.1 Å². The van der Waals surface area contributed by atoms with E-state index in [1.807, 2.05) is 40.3 Å². The van der Waals surface area contributed by atoms with Crippen molar-refractivity contribution in [1.82, 2.24) is 19.1 Å². The number of carboxylic acid groups (broad SMARTS) is 1. The molecular formula is C22H24N6O3S. The molecular weight excluding hydrogens is 428 g/mol. The monoisotopic (exact) mass is 452 g/mol. The van der Waals surface area contributed by atoms with Crippen molar-refractivity contribution in [2.45, 2.75) is 20.3 Å². The van der Waals surface area contributed by atoms with Crippen LogP contribution in [0.5, 0.6) is 5.75 Å². The first kappa shape index (κ1) is 20.5. The highest BCUT2D eigenvalue weighted by atomic mass is 32.2. The van der Waals surface area contributed by atoms with E-state index >= 15 is 0 Å². The molecule has 0 radical (unpaired) electrons. The van der Waals surface area contributed by atoms with E-state index in [-0.39, 0.29) is 0 Å². The largest absolute Gasteiger partial charge is 0.497 e. The van der Waals surface area contributed by atoms with Gasteiger partial charge in [-0.2, -0.15) is 0 Å². The van der Waals surface area contributed by atoms with E-state index in [2.05, 4.69) is 24.0 Å². The van der Waals surface area contributed by atoms with E-state index in [4.69, 9.17) is 14.8 Å². The molecule has 0 spiro atoms. The van der Waals surface area contributed by atoms with Crippen molar-refractivity contribution in [3.63, 3.8) is 0 Å². The number of aromatic nitrogens is 3. The number of hydrogen-bond acceptors (Lipinski definition) is 7. The molecule has 0 aliphatic carbocycles. The van der Waals surface area contributed by atoms with Crippen LogP contribution in [0.3, 0.4) is 0 Å². The van der Waals surface area contributed by atoms with Crippen molar-refractivity contribution in [2.75, 3.05) is 35.9 Å². The highest BCUT2D eigenvalue weighted by Crippen LogP contribution is 2.39. The number of carbonyl (C=O) groups is 1. The molecule has 2 aliphatic rings. The fourth-order valence-corrected chi connectivity index (χ4v) is 5.02. The van der Waals surface area contributed by atoms with Crippen LogP contribution in [-0.4, -0.2) is 57.0 Å². The first-order chi connectivity index (χ1) is 15.4. The molecule has 0 unspecified atom stereocenters. The zero-order valence-electron chi connectivity index (χ0n) is 18.1. The highest BCUT2D eigenvalue weighted by Gasteiger charge is 2.29. The van der Waals surface area contributed by atoms with E-state index in [9.17, 15) is 9.90 Å². The number of ether oxygens (including phenoxy) is 1. The number of pyridine rings is 1. The van der Waals surface area contributed by atoms with Gasteiger partial charge in [0.25, 0.3) is 0 Å². The number of rotatable bonds is 4. The Balaban J connectivity index is 1.48. The molecule has 0 atom stereocenters. The normalized spacial score (nSPS) is 15.4. The molecule has 9 nitrogen and oxygen atoms in total. The van der Waals surface area contributed by atoms with Gasteiger partial charge in [0.2, 0.25) is 0 Å². The third kappa shape index (κ3) is 3.50. The maximum Gasteiger partial charge on any atom is 0.418 e. The van der Waals surface area contributed by atoms with Gasteiger partial charge in [-0.3, -0.25) is 4.31 Å². The molecule has 1 amide bonds. The number of hydrogen-bond donors (Lipinski definition) is 1. The second-order valence-corrected chi connectivity index (χ2v) is 8.87. The first-order valence-electron chi connectivity index (χ1n) is 10.4. The third-order valence-corrected chi connectivity index (χ3v) is 6.84. The minimum absolute atomic E-state index is 0.451. The van der Waals surface area contributed by atoms with Crippen molar-refractivity contribution in [3.8, 4) is 11.4 Å². The van der Waals surface area contributed by atoms with Crippen molar-refractivity contribution < 1.29 is 14.6 Å². The quantitative estimate of drug-likeness (QED) is 0.596. The second kappa shape index (κ2) is 7.94. The zero-order valence-corrected chi connectivity index (χ0v) is 19.0. The Hall–Kier alpha value is -3.40. The van der Waals surface area contributed by atoms with E-state index in [0.29, 0.717) is 13.1 Å². The van der Waals surface area contributed by atoms with Crippen LogP contribution in [0.15, 0.2) is 36.5 Å². The Morgan fingerprint density at radius 1 is 1.12 bits per heavy atom. The molecule has 3 aromatic rings. The van der Waals surface area contributed by atoms with Gasteiger partial charge in [0.1, 0.15) is 11.6 Å². The molecule has 32 heavy (non-hydrogen) atoms. The standard InChI is InChI=1S/C22H24N6O3S/c1-14-12-16(31-3)4-5-18(14)25-8-6-17-19(13-15(2)23-21(17)25)26-9-7-20(24-26)27-10-11-28(32-27)22(29)30/h4-5,7,9,12-13H,6,8,10-11H2,1-3H3,(H,29,30). The average molecular weight is 453 g/mol. The maximum atomic E-state index is 11.2. The zero-order chi connectivity index (χ0) is 22.4. The van der Waals surface area contributed by atoms with Crippen LogP contribution in [-0.2, 0) is 6.42 Å². The van der Waals surface area contributed by atoms with Gasteiger partial charge in [-0.25, -0.2) is 18.8 Å². The van der Waals surface area contributed by atoms with E-state index in [1.54, 1.807) is 7.11 Å². The summed E-state index contributed by atoms with van der Waals surface area (Å²) in [6.07, 6.45) is 1.85. The molecule has 0 bridgehead atoms. The lowest BCUT2D eigenvalue weighted by molar-refractivity contribution is 0.177. The molecule has 1 saturated heterocycles. The van der Waals surface area contributed by atoms with Gasteiger partial charge >= 0.3 is 6.09 Å². The van der Waals surface area contributed by atoms with Crippen LogP contribution in [0.1, 0.15) is 16.8 Å². The van der Waals surface area contributed by atoms with Gasteiger partial charge in [-0.05, 0) is 50.1 Å². The fraction of sp³-hybridized carbons (Fsp3) is 0.318. The number of nitrogens with zero attached hydrogens (tertiary/aromatic N) is 6. The lowest BCUT2D eigenvalue weighted by Crippen LogP contribution is -2.19. The Bertz CT molecular complexity index is 1200. The van der Waals surface area contributed by atoms with Gasteiger partial charge in [0.05, 0.1) is 38.0 Å². The first-order valence-corrected chi connectivity index (χ1v) is 11.1. The van der Waals surface area contributed by atoms with Gasteiger partial charge < -0.3 is 14.7 Å². The number of methoxy groups -OCH3 is 1. The summed E-state index contributed by atoms with van der Waals surface area (Å²) in [6, 6.07) is 10.1. The molecule has 5 rings (SSSR count). The molecule has 1 aromatic carbocycles. The minimum Gasteiger partial charge on any atom is -0.497 e. The minimum atomic E-state index is -0.937. The highest BCUT2D eigenvalue weighted by molar-refractivity contribution is 7.99. The van der Waals surface area contributed by atoms with Crippen molar-refractivity contribution in [3.05, 3.63) is 53.3 Å². The van der Waals surface area contributed by atoms with Crippen LogP contribution < -0.4 is 13.9 Å². The molecule has 4 heterocycles. The number of amides is 1. The van der Waals surface area contributed by atoms with Crippen molar-refractivity contribution >= 4 is 35.6 Å². The van der Waals surface area contributed by atoms with E-state index in [1.165, 1.54) is 16.4 Å². The number of aryl methyl sites for hydroxylation is 2. The summed E-state index contributed by atoms with van der Waals surface area (Å²) >= 11 is 1.17. The van der Waals surface area contributed by atoms with Gasteiger partial charge in [-0.1, -0.05) is 0 Å². The smallest absolute Gasteiger partial charge is 0.418 e. The summed E-state index contributed by atoms with van der Waals surface area (Å²) in [5, 5.41) is 14.0. The summed E-state index contributed by atoms with van der Waals surface area (Å²) in [5.41, 5.74) is 5.34. The van der Waals surface area contributed by atoms with Crippen LogP contribution in [0.2, 0.25) is 0 Å². The van der Waals surface area contributed by atoms with E-state index in [0.717, 1.165) is 58.5 Å². The summed E-state index contributed by atoms with van der Waals surface area (Å²) in [4.78, 5) is 18.3. The molecule has 10 heteroatoms. The summed E-state index contributed by atoms with van der Waals surface area (Å²) in [7, 11) is 1.68. The molecule has 2 aromatic heterocycles. The van der Waals surface area contributed by atoms with Gasteiger partial charge in [0.15, 0.2) is 5.82 Å². The average Bonchev–Trinajstić information content (AvgIpc) is 3.52. The maximum absolute atomic E-state index is 11.2. The molecule has 166 valence electrons. The Labute approximate surface area is 190 Å². The Kier molecular flexibility index (Phi) is 5.09. The Morgan fingerprint density at radius 2 is 1.97 bits per heavy atom.